The van der Waals surface area contributed by atoms with Crippen LogP contribution in [0.2, 0.25) is 0 Å². The van der Waals surface area contributed by atoms with Crippen LogP contribution in [0.3, 0.4) is 0 Å². The minimum atomic E-state index is -0.474. The number of anilines is 1. The largest absolute Gasteiger partial charge is 0.465 e. The molecule has 2 amide bonds. The Morgan fingerprint density at radius 2 is 1.88 bits per heavy atom. The van der Waals surface area contributed by atoms with Crippen molar-refractivity contribution in [2.75, 3.05) is 18.2 Å². The number of carbonyl (C=O) groups is 3. The smallest absolute Gasteiger partial charge is 0.337 e. The SMILES string of the molecule is CCn1c(SCC(=O)Nc2cccc(C(=O)OC)c2)nnc1[C@H](C)NC(=O)c1ccccc1C. The Bertz CT molecular complexity index is 1190. The van der Waals surface area contributed by atoms with Crippen LogP contribution in [0.1, 0.15) is 52.0 Å². The highest BCUT2D eigenvalue weighted by Crippen LogP contribution is 2.22. The summed E-state index contributed by atoms with van der Waals surface area (Å²) in [5.41, 5.74) is 2.35. The van der Waals surface area contributed by atoms with E-state index in [9.17, 15) is 14.4 Å². The molecule has 0 saturated heterocycles. The fourth-order valence-electron chi connectivity index (χ4n) is 3.36. The van der Waals surface area contributed by atoms with Crippen LogP contribution >= 0.6 is 11.8 Å². The molecule has 0 fully saturated rings. The second-order valence-electron chi connectivity index (χ2n) is 7.50. The predicted octanol–water partition coefficient (Wildman–Crippen LogP) is 3.61. The van der Waals surface area contributed by atoms with Crippen LogP contribution in [0.4, 0.5) is 5.69 Å². The molecular weight excluding hydrogens is 454 g/mol. The molecule has 3 rings (SSSR count). The van der Waals surface area contributed by atoms with Gasteiger partial charge in [0, 0.05) is 17.8 Å². The fraction of sp³-hybridized carbons (Fsp3) is 0.292. The van der Waals surface area contributed by atoms with Gasteiger partial charge in [-0.25, -0.2) is 4.79 Å². The van der Waals surface area contributed by atoms with E-state index in [4.69, 9.17) is 4.74 Å². The van der Waals surface area contributed by atoms with Gasteiger partial charge in [-0.15, -0.1) is 10.2 Å². The molecule has 0 radical (unpaired) electrons. The normalized spacial score (nSPS) is 11.5. The zero-order valence-electron chi connectivity index (χ0n) is 19.5. The Hall–Kier alpha value is -3.66. The lowest BCUT2D eigenvalue weighted by molar-refractivity contribution is -0.113. The summed E-state index contributed by atoms with van der Waals surface area (Å²) < 4.78 is 6.58. The molecule has 1 aromatic heterocycles. The van der Waals surface area contributed by atoms with Crippen LogP contribution in [0.15, 0.2) is 53.7 Å². The van der Waals surface area contributed by atoms with E-state index in [0.717, 1.165) is 5.56 Å². The number of nitrogens with one attached hydrogen (secondary N) is 2. The van der Waals surface area contributed by atoms with Crippen molar-refractivity contribution in [1.29, 1.82) is 0 Å². The number of aryl methyl sites for hydroxylation is 1. The number of amides is 2. The van der Waals surface area contributed by atoms with Crippen molar-refractivity contribution < 1.29 is 19.1 Å². The number of ether oxygens (including phenoxy) is 1. The summed E-state index contributed by atoms with van der Waals surface area (Å²) in [5.74, 6) is -0.195. The van der Waals surface area contributed by atoms with Gasteiger partial charge in [-0.3, -0.25) is 9.59 Å². The van der Waals surface area contributed by atoms with E-state index in [2.05, 4.69) is 20.8 Å². The second kappa shape index (κ2) is 11.5. The third-order valence-electron chi connectivity index (χ3n) is 5.09. The number of benzene rings is 2. The number of carbonyl (C=O) groups excluding carboxylic acids is 3. The third-order valence-corrected chi connectivity index (χ3v) is 6.05. The molecule has 34 heavy (non-hydrogen) atoms. The number of hydrogen-bond acceptors (Lipinski definition) is 7. The fourth-order valence-corrected chi connectivity index (χ4v) is 4.17. The average Bonchev–Trinajstić information content (AvgIpc) is 3.25. The molecule has 0 saturated carbocycles. The van der Waals surface area contributed by atoms with Crippen LogP contribution in [-0.4, -0.2) is 45.4 Å². The number of esters is 1. The molecule has 0 spiro atoms. The minimum Gasteiger partial charge on any atom is -0.465 e. The summed E-state index contributed by atoms with van der Waals surface area (Å²) in [6, 6.07) is 13.5. The highest BCUT2D eigenvalue weighted by atomic mass is 32.2. The maximum atomic E-state index is 12.7. The summed E-state index contributed by atoms with van der Waals surface area (Å²) >= 11 is 1.24. The molecule has 3 aromatic rings. The van der Waals surface area contributed by atoms with Crippen LogP contribution in [-0.2, 0) is 16.1 Å². The molecule has 10 heteroatoms. The molecule has 0 aliphatic rings. The maximum absolute atomic E-state index is 12.7. The van der Waals surface area contributed by atoms with Crippen molar-refractivity contribution in [2.24, 2.45) is 0 Å². The van der Waals surface area contributed by atoms with Crippen molar-refractivity contribution in [3.8, 4) is 0 Å². The zero-order valence-corrected chi connectivity index (χ0v) is 20.3. The maximum Gasteiger partial charge on any atom is 0.337 e. The van der Waals surface area contributed by atoms with Gasteiger partial charge < -0.3 is 19.9 Å². The van der Waals surface area contributed by atoms with E-state index >= 15 is 0 Å². The van der Waals surface area contributed by atoms with Gasteiger partial charge in [-0.2, -0.15) is 0 Å². The molecule has 0 bridgehead atoms. The number of thioether (sulfide) groups is 1. The summed E-state index contributed by atoms with van der Waals surface area (Å²) in [4.78, 5) is 36.8. The van der Waals surface area contributed by atoms with Crippen molar-refractivity contribution >= 4 is 35.2 Å². The zero-order chi connectivity index (χ0) is 24.7. The van der Waals surface area contributed by atoms with Crippen LogP contribution < -0.4 is 10.6 Å². The summed E-state index contributed by atoms with van der Waals surface area (Å²) in [6.07, 6.45) is 0. The Kier molecular flexibility index (Phi) is 8.42. The molecule has 0 aliphatic heterocycles. The highest BCUT2D eigenvalue weighted by molar-refractivity contribution is 7.99. The molecule has 9 nitrogen and oxygen atoms in total. The van der Waals surface area contributed by atoms with Gasteiger partial charge in [0.25, 0.3) is 5.91 Å². The van der Waals surface area contributed by atoms with Crippen molar-refractivity contribution in [1.82, 2.24) is 20.1 Å². The highest BCUT2D eigenvalue weighted by Gasteiger charge is 2.21. The quantitative estimate of drug-likeness (QED) is 0.354. The molecule has 178 valence electrons. The van der Waals surface area contributed by atoms with E-state index in [1.807, 2.05) is 43.5 Å². The molecule has 0 aliphatic carbocycles. The van der Waals surface area contributed by atoms with E-state index in [0.29, 0.717) is 34.3 Å². The standard InChI is InChI=1S/C24H27N5O4S/c1-5-29-21(16(3)25-22(31)19-12-7-6-9-15(19)2)27-28-24(29)34-14-20(30)26-18-11-8-10-17(13-18)23(32)33-4/h6-13,16H,5,14H2,1-4H3,(H,25,31)(H,26,30)/t16-/m0/s1. The number of methoxy groups -OCH3 is 1. The third kappa shape index (κ3) is 6.02. The van der Waals surface area contributed by atoms with Crippen molar-refractivity contribution in [2.45, 2.75) is 38.5 Å². The minimum absolute atomic E-state index is 0.102. The molecule has 2 aromatic carbocycles. The van der Waals surface area contributed by atoms with Crippen LogP contribution in [0.25, 0.3) is 0 Å². The van der Waals surface area contributed by atoms with Gasteiger partial charge in [0.15, 0.2) is 11.0 Å². The first-order valence-electron chi connectivity index (χ1n) is 10.7. The number of aromatic nitrogens is 3. The van der Waals surface area contributed by atoms with E-state index in [1.54, 1.807) is 30.3 Å². The monoisotopic (exact) mass is 481 g/mol. The van der Waals surface area contributed by atoms with Crippen molar-refractivity contribution in [3.63, 3.8) is 0 Å². The molecule has 2 N–H and O–H groups in total. The van der Waals surface area contributed by atoms with Gasteiger partial charge in [-0.1, -0.05) is 36.0 Å². The van der Waals surface area contributed by atoms with Gasteiger partial charge in [0.1, 0.15) is 0 Å². The van der Waals surface area contributed by atoms with Gasteiger partial charge in [-0.05, 0) is 50.6 Å². The lowest BCUT2D eigenvalue weighted by atomic mass is 10.1. The van der Waals surface area contributed by atoms with Gasteiger partial charge in [0.2, 0.25) is 5.91 Å². The van der Waals surface area contributed by atoms with E-state index in [1.165, 1.54) is 18.9 Å². The Morgan fingerprint density at radius 1 is 1.12 bits per heavy atom. The van der Waals surface area contributed by atoms with Gasteiger partial charge in [0.05, 0.1) is 24.5 Å². The van der Waals surface area contributed by atoms with E-state index < -0.39 is 5.97 Å². The Labute approximate surface area is 202 Å². The first kappa shape index (κ1) is 25.0. The number of hydrogen-bond donors (Lipinski definition) is 2. The molecular formula is C24H27N5O4S. The second-order valence-corrected chi connectivity index (χ2v) is 8.45. The predicted molar refractivity (Wildman–Crippen MR) is 130 cm³/mol. The molecule has 0 unspecified atom stereocenters. The lowest BCUT2D eigenvalue weighted by Crippen LogP contribution is -2.29. The first-order chi connectivity index (χ1) is 16.3. The number of nitrogens with zero attached hydrogens (tertiary/aromatic N) is 3. The summed E-state index contributed by atoms with van der Waals surface area (Å²) in [5, 5.41) is 14.8. The van der Waals surface area contributed by atoms with Crippen LogP contribution in [0, 0.1) is 6.92 Å². The topological polar surface area (TPSA) is 115 Å². The Morgan fingerprint density at radius 3 is 2.59 bits per heavy atom. The van der Waals surface area contributed by atoms with Crippen LogP contribution in [0.5, 0.6) is 0 Å². The molecule has 1 heterocycles. The summed E-state index contributed by atoms with van der Waals surface area (Å²) in [7, 11) is 1.30. The van der Waals surface area contributed by atoms with Gasteiger partial charge >= 0.3 is 5.97 Å². The average molecular weight is 482 g/mol. The first-order valence-corrected chi connectivity index (χ1v) is 11.7. The summed E-state index contributed by atoms with van der Waals surface area (Å²) in [6.45, 7) is 6.27. The molecule has 1 atom stereocenters. The number of rotatable bonds is 9. The van der Waals surface area contributed by atoms with Crippen molar-refractivity contribution in [3.05, 3.63) is 71.0 Å². The lowest BCUT2D eigenvalue weighted by Gasteiger charge is -2.16. The Balaban J connectivity index is 1.63. The van der Waals surface area contributed by atoms with E-state index in [-0.39, 0.29) is 23.6 Å².